The number of sulfonamides is 1. The van der Waals surface area contributed by atoms with Gasteiger partial charge in [-0.3, -0.25) is 0 Å². The van der Waals surface area contributed by atoms with Gasteiger partial charge in [-0.25, -0.2) is 23.5 Å². The van der Waals surface area contributed by atoms with Crippen molar-refractivity contribution < 1.29 is 8.42 Å². The fraction of sp³-hybridized carbons (Fsp3) is 0.0526. The normalized spacial score (nSPS) is 11.8. The van der Waals surface area contributed by atoms with Gasteiger partial charge in [-0.05, 0) is 53.1 Å². The summed E-state index contributed by atoms with van der Waals surface area (Å²) in [5.41, 5.74) is 10.1. The van der Waals surface area contributed by atoms with E-state index in [4.69, 9.17) is 10.9 Å². The summed E-state index contributed by atoms with van der Waals surface area (Å²) in [5, 5.41) is 6.20. The van der Waals surface area contributed by atoms with Gasteiger partial charge in [0.2, 0.25) is 10.0 Å². The van der Waals surface area contributed by atoms with E-state index >= 15 is 0 Å². The fourth-order valence-corrected chi connectivity index (χ4v) is 3.76. The summed E-state index contributed by atoms with van der Waals surface area (Å²) in [6.45, 7) is 0. The number of aryl methyl sites for hydroxylation is 1. The van der Waals surface area contributed by atoms with Crippen molar-refractivity contribution in [1.82, 2.24) is 14.5 Å². The topological polar surface area (TPSA) is 117 Å². The maximum Gasteiger partial charge on any atom is 0.238 e. The average molecular weight is 379 g/mol. The maximum atomic E-state index is 11.7. The largest absolute Gasteiger partial charge is 0.384 e. The van der Waals surface area contributed by atoms with E-state index in [0.29, 0.717) is 5.82 Å². The molecule has 0 saturated heterocycles. The van der Waals surface area contributed by atoms with Crippen molar-refractivity contribution in [3.8, 4) is 22.4 Å². The molecule has 0 radical (unpaired) electrons. The Kier molecular flexibility index (Phi) is 3.94. The first-order valence-corrected chi connectivity index (χ1v) is 9.69. The van der Waals surface area contributed by atoms with Crippen LogP contribution in [0, 0.1) is 0 Å². The molecule has 4 aromatic rings. The van der Waals surface area contributed by atoms with Crippen molar-refractivity contribution in [2.45, 2.75) is 4.90 Å². The van der Waals surface area contributed by atoms with Gasteiger partial charge in [-0.2, -0.15) is 0 Å². The Hall–Kier alpha value is -3.23. The molecule has 1 aromatic carbocycles. The second kappa shape index (κ2) is 6.19. The highest BCUT2D eigenvalue weighted by Crippen LogP contribution is 2.33. The number of hydrogen-bond donors (Lipinski definition) is 2. The predicted octanol–water partition coefficient (Wildman–Crippen LogP) is 2.53. The van der Waals surface area contributed by atoms with Crippen molar-refractivity contribution in [3.63, 3.8) is 0 Å². The van der Waals surface area contributed by atoms with Gasteiger partial charge in [0.15, 0.2) is 0 Å². The van der Waals surface area contributed by atoms with Gasteiger partial charge in [-0.15, -0.1) is 0 Å². The first-order chi connectivity index (χ1) is 12.8. The Morgan fingerprint density at radius 3 is 2.48 bits per heavy atom. The second-order valence-electron chi connectivity index (χ2n) is 6.23. The number of rotatable bonds is 3. The molecule has 3 heterocycles. The van der Waals surface area contributed by atoms with Crippen molar-refractivity contribution in [3.05, 3.63) is 60.9 Å². The minimum Gasteiger partial charge on any atom is -0.384 e. The molecule has 0 atom stereocenters. The number of anilines is 1. The number of pyridine rings is 2. The third kappa shape index (κ3) is 3.05. The molecule has 0 saturated carbocycles. The molecule has 0 aliphatic carbocycles. The zero-order valence-electron chi connectivity index (χ0n) is 14.5. The zero-order chi connectivity index (χ0) is 19.2. The summed E-state index contributed by atoms with van der Waals surface area (Å²) in [6.07, 6.45) is 3.40. The zero-order valence-corrected chi connectivity index (χ0v) is 15.3. The SMILES string of the molecule is Cn1c(-c2cccc(S(N)(=O)=O)c2)cc2c(-c3ccnc(N)c3)ccnc21. The fourth-order valence-electron chi connectivity index (χ4n) is 3.20. The first-order valence-electron chi connectivity index (χ1n) is 8.14. The average Bonchev–Trinajstić information content (AvgIpc) is 2.98. The van der Waals surface area contributed by atoms with Crippen LogP contribution in [0.1, 0.15) is 0 Å². The van der Waals surface area contributed by atoms with Crippen LogP contribution in [0.15, 0.2) is 65.8 Å². The smallest absolute Gasteiger partial charge is 0.238 e. The molecule has 0 aliphatic heterocycles. The summed E-state index contributed by atoms with van der Waals surface area (Å²) < 4.78 is 25.3. The standard InChI is InChI=1S/C19H17N5O2S/c1-24-17(13-3-2-4-14(9-13)27(21,25)26)11-16-15(6-8-23-19(16)24)12-5-7-22-18(20)10-12/h2-11H,1H3,(H2,20,22)(H2,21,25,26). The number of nitrogen functional groups attached to an aromatic ring is 1. The lowest BCUT2D eigenvalue weighted by molar-refractivity contribution is 0.598. The van der Waals surface area contributed by atoms with Crippen molar-refractivity contribution in [2.24, 2.45) is 12.2 Å². The maximum absolute atomic E-state index is 11.7. The van der Waals surface area contributed by atoms with Gasteiger partial charge in [0.05, 0.1) is 10.6 Å². The molecule has 0 spiro atoms. The van der Waals surface area contributed by atoms with Crippen LogP contribution in [-0.4, -0.2) is 23.0 Å². The van der Waals surface area contributed by atoms with Crippen LogP contribution in [0.3, 0.4) is 0 Å². The number of fused-ring (bicyclic) bond motifs is 1. The minimum absolute atomic E-state index is 0.0698. The van der Waals surface area contributed by atoms with Gasteiger partial charge < -0.3 is 10.3 Å². The summed E-state index contributed by atoms with van der Waals surface area (Å²) in [7, 11) is -1.89. The van der Waals surface area contributed by atoms with Crippen molar-refractivity contribution in [1.29, 1.82) is 0 Å². The second-order valence-corrected chi connectivity index (χ2v) is 7.79. The van der Waals surface area contributed by atoms with Crippen LogP contribution in [0.4, 0.5) is 5.82 Å². The molecule has 0 bridgehead atoms. The molecule has 0 amide bonds. The van der Waals surface area contributed by atoms with E-state index in [1.165, 1.54) is 6.07 Å². The molecule has 136 valence electrons. The van der Waals surface area contributed by atoms with Gasteiger partial charge in [0, 0.05) is 24.8 Å². The van der Waals surface area contributed by atoms with Gasteiger partial charge in [-0.1, -0.05) is 12.1 Å². The quantitative estimate of drug-likeness (QED) is 0.567. The monoisotopic (exact) mass is 379 g/mol. The summed E-state index contributed by atoms with van der Waals surface area (Å²) in [6, 6.07) is 14.1. The summed E-state index contributed by atoms with van der Waals surface area (Å²) in [5.74, 6) is 0.439. The van der Waals surface area contributed by atoms with Crippen LogP contribution >= 0.6 is 0 Å². The molecule has 0 unspecified atom stereocenters. The lowest BCUT2D eigenvalue weighted by Gasteiger charge is -2.06. The van der Waals surface area contributed by atoms with E-state index in [1.807, 2.05) is 41.9 Å². The number of primary sulfonamides is 1. The summed E-state index contributed by atoms with van der Waals surface area (Å²) in [4.78, 5) is 8.59. The van der Waals surface area contributed by atoms with E-state index in [0.717, 1.165) is 33.4 Å². The Morgan fingerprint density at radius 2 is 1.74 bits per heavy atom. The third-order valence-electron chi connectivity index (χ3n) is 4.48. The van der Waals surface area contributed by atoms with E-state index in [2.05, 4.69) is 9.97 Å². The van der Waals surface area contributed by atoms with Crippen LogP contribution < -0.4 is 10.9 Å². The number of aromatic nitrogens is 3. The molecule has 8 heteroatoms. The summed E-state index contributed by atoms with van der Waals surface area (Å²) >= 11 is 0. The Morgan fingerprint density at radius 1 is 0.963 bits per heavy atom. The van der Waals surface area contributed by atoms with Crippen molar-refractivity contribution >= 4 is 26.9 Å². The molecular formula is C19H17N5O2S. The van der Waals surface area contributed by atoms with Crippen LogP contribution in [0.25, 0.3) is 33.4 Å². The highest BCUT2D eigenvalue weighted by atomic mass is 32.2. The highest BCUT2D eigenvalue weighted by Gasteiger charge is 2.15. The predicted molar refractivity (Wildman–Crippen MR) is 105 cm³/mol. The molecule has 27 heavy (non-hydrogen) atoms. The van der Waals surface area contributed by atoms with E-state index in [-0.39, 0.29) is 4.90 Å². The van der Waals surface area contributed by atoms with E-state index in [9.17, 15) is 8.42 Å². The minimum atomic E-state index is -3.78. The molecule has 3 aromatic heterocycles. The highest BCUT2D eigenvalue weighted by molar-refractivity contribution is 7.89. The number of nitrogens with two attached hydrogens (primary N) is 2. The van der Waals surface area contributed by atoms with E-state index < -0.39 is 10.0 Å². The lowest BCUT2D eigenvalue weighted by Crippen LogP contribution is -2.12. The first kappa shape index (κ1) is 17.2. The van der Waals surface area contributed by atoms with Crippen LogP contribution in [0.5, 0.6) is 0 Å². The van der Waals surface area contributed by atoms with Crippen LogP contribution in [-0.2, 0) is 17.1 Å². The van der Waals surface area contributed by atoms with E-state index in [1.54, 1.807) is 24.5 Å². The molecule has 7 nitrogen and oxygen atoms in total. The van der Waals surface area contributed by atoms with Gasteiger partial charge in [0.1, 0.15) is 11.5 Å². The van der Waals surface area contributed by atoms with Gasteiger partial charge >= 0.3 is 0 Å². The molecule has 4 rings (SSSR count). The molecule has 4 N–H and O–H groups in total. The molecule has 0 aliphatic rings. The Labute approximate surface area is 156 Å². The molecule has 0 fully saturated rings. The Balaban J connectivity index is 1.95. The van der Waals surface area contributed by atoms with Crippen LogP contribution in [0.2, 0.25) is 0 Å². The number of hydrogen-bond acceptors (Lipinski definition) is 5. The number of benzene rings is 1. The molecular weight excluding hydrogens is 362 g/mol. The third-order valence-corrected chi connectivity index (χ3v) is 5.39. The number of nitrogens with zero attached hydrogens (tertiary/aromatic N) is 3. The van der Waals surface area contributed by atoms with Crippen molar-refractivity contribution in [2.75, 3.05) is 5.73 Å². The lowest BCUT2D eigenvalue weighted by atomic mass is 10.0. The van der Waals surface area contributed by atoms with Gasteiger partial charge in [0.25, 0.3) is 0 Å². The Bertz CT molecular complexity index is 1280.